The molecule has 1 unspecified atom stereocenters. The Morgan fingerprint density at radius 3 is 2.28 bits per heavy atom. The summed E-state index contributed by atoms with van der Waals surface area (Å²) in [5, 5.41) is 1.31. The molecule has 1 aromatic rings. The van der Waals surface area contributed by atoms with Crippen LogP contribution >= 0.6 is 20.1 Å². The van der Waals surface area contributed by atoms with Crippen molar-refractivity contribution in [2.45, 2.75) is 51.1 Å². The molecule has 1 saturated heterocycles. The van der Waals surface area contributed by atoms with Gasteiger partial charge >= 0.3 is 33.5 Å². The minimum absolute atomic E-state index is 0.181. The summed E-state index contributed by atoms with van der Waals surface area (Å²) in [5.74, 6) is 0.599. The zero-order valence-corrected chi connectivity index (χ0v) is 19.6. The van der Waals surface area contributed by atoms with Crippen molar-refractivity contribution in [1.82, 2.24) is 9.55 Å². The number of ether oxygens (including phenoxy) is 1. The van der Waals surface area contributed by atoms with Crippen LogP contribution in [0.4, 0.5) is 0 Å². The second-order valence-electron chi connectivity index (χ2n) is 7.11. The SMILES string of the molecule is C1CC[OH+]C1.CN(C)[Si](C)(C)c1cccc(C2[CH-]CCC2)n1.[Cl][Cr][Cl]. The maximum absolute atomic E-state index is 4.94. The Morgan fingerprint density at radius 2 is 1.84 bits per heavy atom. The fourth-order valence-electron chi connectivity index (χ4n) is 2.83. The molecule has 0 bridgehead atoms. The van der Waals surface area contributed by atoms with Crippen LogP contribution in [-0.2, 0) is 13.4 Å². The van der Waals surface area contributed by atoms with E-state index in [0.29, 0.717) is 5.92 Å². The zero-order chi connectivity index (χ0) is 18.7. The van der Waals surface area contributed by atoms with Gasteiger partial charge in [-0.05, 0) is 26.2 Å². The van der Waals surface area contributed by atoms with Crippen LogP contribution in [0.5, 0.6) is 0 Å². The monoisotopic (exact) mass is 442 g/mol. The summed E-state index contributed by atoms with van der Waals surface area (Å²) in [6.07, 6.45) is 8.95. The second-order valence-corrected chi connectivity index (χ2v) is 13.7. The molecule has 7 heteroatoms. The van der Waals surface area contributed by atoms with Crippen molar-refractivity contribution in [3.05, 3.63) is 30.3 Å². The molecule has 1 atom stereocenters. The first-order valence-corrected chi connectivity index (χ1v) is 15.4. The summed E-state index contributed by atoms with van der Waals surface area (Å²) in [7, 11) is 12.5. The first kappa shape index (κ1) is 23.4. The summed E-state index contributed by atoms with van der Waals surface area (Å²) in [6, 6.07) is 6.57. The maximum atomic E-state index is 4.94. The molecule has 3 rings (SSSR count). The van der Waals surface area contributed by atoms with Gasteiger partial charge in [0.05, 0.1) is 0 Å². The number of rotatable bonds is 3. The number of aliphatic hydroxyl groups is 2. The van der Waals surface area contributed by atoms with E-state index < -0.39 is 8.24 Å². The first-order chi connectivity index (χ1) is 11.9. The molecule has 3 nitrogen and oxygen atoms in total. The number of aromatic nitrogens is 1. The Balaban J connectivity index is 0.000000324. The Kier molecular flexibility index (Phi) is 11.9. The molecule has 144 valence electrons. The Morgan fingerprint density at radius 1 is 1.20 bits per heavy atom. The molecule has 2 fully saturated rings. The number of nitrogens with zero attached hydrogens (tertiary/aromatic N) is 2. The molecule has 0 aromatic carbocycles. The predicted octanol–water partition coefficient (Wildman–Crippen LogP) is 4.21. The molecule has 2 heterocycles. The van der Waals surface area contributed by atoms with E-state index in [9.17, 15) is 0 Å². The van der Waals surface area contributed by atoms with E-state index in [0.717, 1.165) is 13.2 Å². The average molecular weight is 443 g/mol. The third-order valence-corrected chi connectivity index (χ3v) is 8.72. The van der Waals surface area contributed by atoms with Gasteiger partial charge in [0.15, 0.2) is 8.24 Å². The van der Waals surface area contributed by atoms with Crippen molar-refractivity contribution < 1.29 is 18.1 Å². The van der Waals surface area contributed by atoms with Crippen LogP contribution in [0, 0.1) is 6.42 Å². The van der Waals surface area contributed by atoms with Crippen molar-refractivity contribution in [2.24, 2.45) is 0 Å². The molecule has 1 aliphatic heterocycles. The van der Waals surface area contributed by atoms with Crippen LogP contribution in [0.15, 0.2) is 18.2 Å². The number of pyridine rings is 1. The van der Waals surface area contributed by atoms with Gasteiger partial charge in [0.1, 0.15) is 13.2 Å². The van der Waals surface area contributed by atoms with Gasteiger partial charge in [0.2, 0.25) is 0 Å². The van der Waals surface area contributed by atoms with Crippen molar-refractivity contribution in [2.75, 3.05) is 27.3 Å². The molecule has 1 saturated carbocycles. The summed E-state index contributed by atoms with van der Waals surface area (Å²) in [6.45, 7) is 6.97. The molecule has 1 aliphatic carbocycles. The molecule has 0 spiro atoms. The second kappa shape index (κ2) is 12.7. The average Bonchev–Trinajstić information content (AvgIpc) is 3.32. The third-order valence-electron chi connectivity index (χ3n) is 4.95. The van der Waals surface area contributed by atoms with Crippen LogP contribution in [-0.4, -0.2) is 49.8 Å². The minimum atomic E-state index is -1.53. The summed E-state index contributed by atoms with van der Waals surface area (Å²) < 4.78 is 6.44. The molecule has 0 radical (unpaired) electrons. The number of halogens is 2. The molecular weight excluding hydrogens is 411 g/mol. The van der Waals surface area contributed by atoms with E-state index in [1.54, 1.807) is 0 Å². The van der Waals surface area contributed by atoms with Crippen molar-refractivity contribution >= 4 is 33.7 Å². The molecule has 1 aromatic heterocycles. The van der Waals surface area contributed by atoms with Crippen LogP contribution in [0.1, 0.15) is 43.7 Å². The zero-order valence-electron chi connectivity index (χ0n) is 15.8. The van der Waals surface area contributed by atoms with Gasteiger partial charge in [-0.15, -0.1) is 5.92 Å². The van der Waals surface area contributed by atoms with Crippen LogP contribution in [0.25, 0.3) is 0 Å². The van der Waals surface area contributed by atoms with E-state index >= 15 is 0 Å². The fraction of sp³-hybridized carbons (Fsp3) is 0.667. The third kappa shape index (κ3) is 8.30. The van der Waals surface area contributed by atoms with Gasteiger partial charge in [-0.1, -0.05) is 32.0 Å². The van der Waals surface area contributed by atoms with E-state index in [2.05, 4.69) is 61.1 Å². The molecular formula is C18H32Cl2CrN2OSi. The van der Waals surface area contributed by atoms with Gasteiger partial charge in [0, 0.05) is 23.9 Å². The number of hydrogen-bond donors (Lipinski definition) is 0. The van der Waals surface area contributed by atoms with Gasteiger partial charge in [0.25, 0.3) is 0 Å². The van der Waals surface area contributed by atoms with Gasteiger partial charge in [-0.3, -0.25) is 4.98 Å². The quantitative estimate of drug-likeness (QED) is 0.398. The topological polar surface area (TPSA) is 28.9 Å². The summed E-state index contributed by atoms with van der Waals surface area (Å²) >= 11 is -0.181. The van der Waals surface area contributed by atoms with Crippen LogP contribution in [0.2, 0.25) is 13.1 Å². The molecule has 1 N–H and O–H groups in total. The van der Waals surface area contributed by atoms with Gasteiger partial charge in [-0.2, -0.15) is 6.42 Å². The molecule has 0 amide bonds. The van der Waals surface area contributed by atoms with E-state index in [1.807, 2.05) is 0 Å². The number of hydrogen-bond acceptors (Lipinski definition) is 2. The normalized spacial score (nSPS) is 19.9. The Bertz CT molecular complexity index is 474. The summed E-state index contributed by atoms with van der Waals surface area (Å²) in [5.41, 5.74) is 1.28. The van der Waals surface area contributed by atoms with Gasteiger partial charge < -0.3 is 15.7 Å². The van der Waals surface area contributed by atoms with Gasteiger partial charge in [-0.25, -0.2) is 0 Å². The van der Waals surface area contributed by atoms with Crippen LogP contribution < -0.4 is 5.32 Å². The van der Waals surface area contributed by atoms with Crippen molar-refractivity contribution in [3.63, 3.8) is 0 Å². The molecule has 2 aliphatic rings. The van der Waals surface area contributed by atoms with Crippen molar-refractivity contribution in [1.29, 1.82) is 0 Å². The van der Waals surface area contributed by atoms with E-state index in [-0.39, 0.29) is 13.4 Å². The fourth-order valence-corrected chi connectivity index (χ4v) is 4.20. The van der Waals surface area contributed by atoms with Crippen LogP contribution in [0.3, 0.4) is 0 Å². The predicted molar refractivity (Wildman–Crippen MR) is 109 cm³/mol. The summed E-state index contributed by atoms with van der Waals surface area (Å²) in [4.78, 5) is 4.94. The van der Waals surface area contributed by atoms with E-state index in [1.165, 1.54) is 43.1 Å². The van der Waals surface area contributed by atoms with Crippen molar-refractivity contribution in [3.8, 4) is 0 Å². The Labute approximate surface area is 169 Å². The standard InChI is InChI=1S/C14H23N2Si.C4H8O.2ClH.Cr/c1-16(2)17(3,4)14-11-7-10-13(15-14)12-8-5-6-9-12;1-2-4-5-3-1;;;/h7-8,10-12H,5-6,9H2,1-4H3;1-4H2;2*1H;/q-1;;;;+2/p-1. The first-order valence-electron chi connectivity index (χ1n) is 8.94. The Hall–Kier alpha value is 0.399. The van der Waals surface area contributed by atoms with E-state index in [4.69, 9.17) is 25.1 Å². The molecule has 25 heavy (non-hydrogen) atoms.